The minimum atomic E-state index is -1.16. The van der Waals surface area contributed by atoms with Crippen molar-refractivity contribution in [1.29, 1.82) is 0 Å². The van der Waals surface area contributed by atoms with Gasteiger partial charge in [-0.3, -0.25) is 4.79 Å². The zero-order chi connectivity index (χ0) is 16.6. The van der Waals surface area contributed by atoms with E-state index in [1.54, 1.807) is 0 Å². The molecule has 1 aromatic heterocycles. The summed E-state index contributed by atoms with van der Waals surface area (Å²) in [5, 5.41) is 1.09. The van der Waals surface area contributed by atoms with Crippen LogP contribution >= 0.6 is 11.3 Å². The summed E-state index contributed by atoms with van der Waals surface area (Å²) in [6.45, 7) is 2.13. The normalized spacial score (nSPS) is 10.9. The Balaban J connectivity index is 1.85. The summed E-state index contributed by atoms with van der Waals surface area (Å²) < 4.78 is 34.0. The van der Waals surface area contributed by atoms with Gasteiger partial charge in [0.15, 0.2) is 11.6 Å². The highest BCUT2D eigenvalue weighted by molar-refractivity contribution is 7.19. The summed E-state index contributed by atoms with van der Waals surface area (Å²) >= 11 is 1.53. The van der Waals surface area contributed by atoms with Crippen LogP contribution in [0.1, 0.15) is 20.8 Å². The average molecular weight is 333 g/mol. The van der Waals surface area contributed by atoms with Gasteiger partial charge in [0.25, 0.3) is 5.91 Å². The Morgan fingerprint density at radius 1 is 1.22 bits per heavy atom. The topological polar surface area (TPSA) is 52.3 Å². The zero-order valence-corrected chi connectivity index (χ0v) is 13.0. The summed E-state index contributed by atoms with van der Waals surface area (Å²) in [6, 6.07) is 10.2. The Bertz CT molecular complexity index is 905. The van der Waals surface area contributed by atoms with E-state index in [2.05, 4.69) is 6.07 Å². The number of nitrogens with two attached hydrogens (primary N) is 1. The summed E-state index contributed by atoms with van der Waals surface area (Å²) in [5.41, 5.74) is 5.35. The van der Waals surface area contributed by atoms with Crippen LogP contribution in [0.5, 0.6) is 5.75 Å². The molecule has 0 saturated carbocycles. The lowest BCUT2D eigenvalue weighted by atomic mass is 10.1. The number of rotatable bonds is 4. The molecule has 0 fully saturated rings. The summed E-state index contributed by atoms with van der Waals surface area (Å²) in [4.78, 5) is 12.0. The van der Waals surface area contributed by atoms with Gasteiger partial charge in [-0.1, -0.05) is 17.7 Å². The van der Waals surface area contributed by atoms with Crippen LogP contribution in [0.15, 0.2) is 36.4 Å². The Hall–Kier alpha value is -2.47. The third-order valence-electron chi connectivity index (χ3n) is 3.39. The van der Waals surface area contributed by atoms with E-state index in [0.29, 0.717) is 0 Å². The number of fused-ring (bicyclic) bond motifs is 1. The Morgan fingerprint density at radius 2 is 2.00 bits per heavy atom. The highest BCUT2D eigenvalue weighted by Crippen LogP contribution is 2.29. The van der Waals surface area contributed by atoms with Crippen molar-refractivity contribution in [1.82, 2.24) is 0 Å². The van der Waals surface area contributed by atoms with Crippen LogP contribution in [0.25, 0.3) is 10.1 Å². The number of aryl methyl sites for hydroxylation is 1. The van der Waals surface area contributed by atoms with Gasteiger partial charge in [-0.25, -0.2) is 8.78 Å². The number of hydrogen-bond donors (Lipinski definition) is 1. The Morgan fingerprint density at radius 3 is 2.74 bits per heavy atom. The molecule has 2 aromatic carbocycles. The van der Waals surface area contributed by atoms with Crippen LogP contribution in [-0.4, -0.2) is 5.91 Å². The van der Waals surface area contributed by atoms with Gasteiger partial charge in [-0.15, -0.1) is 11.3 Å². The Kier molecular flexibility index (Phi) is 4.00. The summed E-state index contributed by atoms with van der Waals surface area (Å²) in [5.74, 6) is -3.44. The molecular weight excluding hydrogens is 320 g/mol. The maximum atomic E-state index is 14.1. The SMILES string of the molecule is Cc1ccc2sc(COc3ccc(F)c(C(N)=O)c3F)cc2c1. The number of benzene rings is 2. The van der Waals surface area contributed by atoms with Crippen molar-refractivity contribution in [3.8, 4) is 5.75 Å². The molecule has 0 atom stereocenters. The molecule has 0 aliphatic carbocycles. The molecule has 6 heteroatoms. The molecule has 118 valence electrons. The van der Waals surface area contributed by atoms with E-state index in [1.807, 2.05) is 25.1 Å². The molecular formula is C17H13F2NO2S. The number of amides is 1. The Labute approximate surface area is 135 Å². The fourth-order valence-corrected chi connectivity index (χ4v) is 3.27. The van der Waals surface area contributed by atoms with Gasteiger partial charge in [0.1, 0.15) is 18.0 Å². The van der Waals surface area contributed by atoms with E-state index in [9.17, 15) is 13.6 Å². The third-order valence-corrected chi connectivity index (χ3v) is 4.48. The number of carbonyl (C=O) groups is 1. The van der Waals surface area contributed by atoms with Crippen LogP contribution in [0, 0.1) is 18.6 Å². The third kappa shape index (κ3) is 3.03. The molecule has 3 aromatic rings. The van der Waals surface area contributed by atoms with Crippen LogP contribution in [-0.2, 0) is 6.61 Å². The molecule has 3 nitrogen and oxygen atoms in total. The van der Waals surface area contributed by atoms with Gasteiger partial charge < -0.3 is 10.5 Å². The summed E-state index contributed by atoms with van der Waals surface area (Å²) in [6.07, 6.45) is 0. The lowest BCUT2D eigenvalue weighted by Crippen LogP contribution is -2.16. The van der Waals surface area contributed by atoms with E-state index in [4.69, 9.17) is 10.5 Å². The molecule has 0 unspecified atom stereocenters. The van der Waals surface area contributed by atoms with Crippen molar-refractivity contribution < 1.29 is 18.3 Å². The van der Waals surface area contributed by atoms with E-state index in [0.717, 1.165) is 32.7 Å². The van der Waals surface area contributed by atoms with Gasteiger partial charge in [0.05, 0.1) is 0 Å². The number of carbonyl (C=O) groups excluding carboxylic acids is 1. The van der Waals surface area contributed by atoms with Gasteiger partial charge in [-0.05, 0) is 36.6 Å². The van der Waals surface area contributed by atoms with Gasteiger partial charge in [0, 0.05) is 9.58 Å². The largest absolute Gasteiger partial charge is 0.485 e. The van der Waals surface area contributed by atoms with Crippen LogP contribution < -0.4 is 10.5 Å². The lowest BCUT2D eigenvalue weighted by Gasteiger charge is -2.08. The molecule has 23 heavy (non-hydrogen) atoms. The molecule has 0 aliphatic rings. The molecule has 1 amide bonds. The minimum Gasteiger partial charge on any atom is -0.485 e. The van der Waals surface area contributed by atoms with Crippen molar-refractivity contribution in [2.45, 2.75) is 13.5 Å². The zero-order valence-electron chi connectivity index (χ0n) is 12.2. The lowest BCUT2D eigenvalue weighted by molar-refractivity contribution is 0.0991. The first-order valence-corrected chi connectivity index (χ1v) is 7.67. The van der Waals surface area contributed by atoms with E-state index >= 15 is 0 Å². The second kappa shape index (κ2) is 5.96. The standard InChI is InChI=1S/C17H13F2NO2S/c1-9-2-5-14-10(6-9)7-11(23-14)8-22-13-4-3-12(18)15(16(13)19)17(20)21/h2-7H,8H2,1H3,(H2,20,21). The fourth-order valence-electron chi connectivity index (χ4n) is 2.31. The first-order valence-electron chi connectivity index (χ1n) is 6.85. The number of halogens is 2. The molecule has 0 aliphatic heterocycles. The molecule has 0 radical (unpaired) electrons. The molecule has 0 saturated heterocycles. The van der Waals surface area contributed by atoms with E-state index in [1.165, 1.54) is 11.3 Å². The molecule has 1 heterocycles. The van der Waals surface area contributed by atoms with Gasteiger partial charge >= 0.3 is 0 Å². The molecule has 2 N–H and O–H groups in total. The highest BCUT2D eigenvalue weighted by atomic mass is 32.1. The first-order chi connectivity index (χ1) is 11.0. The van der Waals surface area contributed by atoms with E-state index in [-0.39, 0.29) is 12.4 Å². The number of hydrogen-bond acceptors (Lipinski definition) is 3. The maximum Gasteiger partial charge on any atom is 0.254 e. The molecule has 0 spiro atoms. The fraction of sp³-hybridized carbons (Fsp3) is 0.118. The number of thiophene rings is 1. The summed E-state index contributed by atoms with van der Waals surface area (Å²) in [7, 11) is 0. The highest BCUT2D eigenvalue weighted by Gasteiger charge is 2.19. The first kappa shape index (κ1) is 15.4. The maximum absolute atomic E-state index is 14.1. The predicted molar refractivity (Wildman–Crippen MR) is 85.8 cm³/mol. The van der Waals surface area contributed by atoms with Crippen LogP contribution in [0.2, 0.25) is 0 Å². The number of ether oxygens (including phenoxy) is 1. The van der Waals surface area contributed by atoms with Crippen molar-refractivity contribution in [3.63, 3.8) is 0 Å². The van der Waals surface area contributed by atoms with E-state index < -0.39 is 23.1 Å². The van der Waals surface area contributed by atoms with Crippen LogP contribution in [0.3, 0.4) is 0 Å². The average Bonchev–Trinajstić information content (AvgIpc) is 2.88. The second-order valence-corrected chi connectivity index (χ2v) is 6.31. The quantitative estimate of drug-likeness (QED) is 0.779. The predicted octanol–water partition coefficient (Wildman–Crippen LogP) is 4.17. The monoisotopic (exact) mass is 333 g/mol. The number of primary amides is 1. The minimum absolute atomic E-state index is 0.124. The smallest absolute Gasteiger partial charge is 0.254 e. The van der Waals surface area contributed by atoms with Crippen molar-refractivity contribution in [2.75, 3.05) is 0 Å². The van der Waals surface area contributed by atoms with Crippen LogP contribution in [0.4, 0.5) is 8.78 Å². The van der Waals surface area contributed by atoms with Crippen molar-refractivity contribution >= 4 is 27.3 Å². The molecule has 0 bridgehead atoms. The van der Waals surface area contributed by atoms with Gasteiger partial charge in [-0.2, -0.15) is 0 Å². The van der Waals surface area contributed by atoms with Crippen molar-refractivity contribution in [3.05, 3.63) is 64.0 Å². The van der Waals surface area contributed by atoms with Crippen molar-refractivity contribution in [2.24, 2.45) is 5.73 Å². The molecule has 3 rings (SSSR count). The van der Waals surface area contributed by atoms with Gasteiger partial charge in [0.2, 0.25) is 0 Å². The second-order valence-electron chi connectivity index (χ2n) is 5.14.